The molecule has 1 aliphatic rings. The number of hydrogen-bond donors (Lipinski definition) is 0. The summed E-state index contributed by atoms with van der Waals surface area (Å²) in [7, 11) is 0. The molecule has 0 aromatic carbocycles. The molecule has 1 rings (SSSR count). The lowest BCUT2D eigenvalue weighted by Crippen LogP contribution is -2.31. The third-order valence-electron chi connectivity index (χ3n) is 8.35. The van der Waals surface area contributed by atoms with Gasteiger partial charge in [0.2, 0.25) is 0 Å². The Bertz CT molecular complexity index is 682. The number of alkyl halides is 1. The summed E-state index contributed by atoms with van der Waals surface area (Å²) >= 11 is 6.11. The van der Waals surface area contributed by atoms with Gasteiger partial charge in [0.05, 0.1) is 18.6 Å². The van der Waals surface area contributed by atoms with Gasteiger partial charge in [-0.25, -0.2) is 0 Å². The molecule has 1 fully saturated rings. The van der Waals surface area contributed by atoms with E-state index < -0.39 is 0 Å². The normalized spacial score (nSPS) is 19.5. The first-order valence-corrected chi connectivity index (χ1v) is 18.8. The summed E-state index contributed by atoms with van der Waals surface area (Å²) in [6.45, 7) is 5.19. The molecule has 0 bridgehead atoms. The van der Waals surface area contributed by atoms with Crippen LogP contribution in [-0.2, 0) is 9.47 Å². The number of allylic oxidation sites excluding steroid dienone is 8. The van der Waals surface area contributed by atoms with Gasteiger partial charge in [0, 0.05) is 12.8 Å². The lowest BCUT2D eigenvalue weighted by atomic mass is 9.99. The van der Waals surface area contributed by atoms with Gasteiger partial charge in [-0.2, -0.15) is 0 Å². The maximum absolute atomic E-state index is 6.36. The third kappa shape index (κ3) is 23.6. The van der Waals surface area contributed by atoms with Crippen LogP contribution in [0.1, 0.15) is 174 Å². The fourth-order valence-electron chi connectivity index (χ4n) is 5.67. The second-order valence-electron chi connectivity index (χ2n) is 12.4. The van der Waals surface area contributed by atoms with Gasteiger partial charge < -0.3 is 9.47 Å². The Kier molecular flexibility index (Phi) is 28.2. The molecule has 1 aliphatic heterocycles. The van der Waals surface area contributed by atoms with Crippen LogP contribution in [-0.4, -0.2) is 24.4 Å². The summed E-state index contributed by atoms with van der Waals surface area (Å²) < 4.78 is 12.6. The molecule has 2 nitrogen and oxygen atoms in total. The summed E-state index contributed by atoms with van der Waals surface area (Å²) in [5, 5.41) is 0. The molecule has 0 saturated carbocycles. The Morgan fingerprint density at radius 3 is 1.29 bits per heavy atom. The van der Waals surface area contributed by atoms with Crippen LogP contribution in [0, 0.1) is 0 Å². The smallest absolute Gasteiger partial charge is 0.168 e. The third-order valence-corrected chi connectivity index (χ3v) is 8.70. The van der Waals surface area contributed by atoms with Crippen molar-refractivity contribution in [2.24, 2.45) is 0 Å². The summed E-state index contributed by atoms with van der Waals surface area (Å²) in [6, 6.07) is 0. The Hall–Kier alpha value is -0.830. The molecule has 0 radical (unpaired) electrons. The van der Waals surface area contributed by atoms with Gasteiger partial charge in [0.1, 0.15) is 0 Å². The molecule has 0 aromatic rings. The minimum atomic E-state index is -0.373. The van der Waals surface area contributed by atoms with Crippen molar-refractivity contribution in [3.63, 3.8) is 0 Å². The SMILES string of the molecule is CCCCCC=CCC=CCCCCCCCCC1(CCCCCCCC=CCC=CCCCCC)OCC(CCl)O1. The fraction of sp³-hybridized carbons (Fsp3) is 0.795. The molecule has 0 N–H and O–H groups in total. The molecule has 2 unspecified atom stereocenters. The van der Waals surface area contributed by atoms with Crippen LogP contribution in [0.4, 0.5) is 0 Å². The highest BCUT2D eigenvalue weighted by Crippen LogP contribution is 2.35. The average molecular weight is 605 g/mol. The van der Waals surface area contributed by atoms with Crippen molar-refractivity contribution in [3.05, 3.63) is 48.6 Å². The Labute approximate surface area is 267 Å². The number of unbranched alkanes of at least 4 members (excludes halogenated alkanes) is 17. The van der Waals surface area contributed by atoms with E-state index in [0.29, 0.717) is 12.5 Å². The predicted octanol–water partition coefficient (Wildman–Crippen LogP) is 13.4. The lowest BCUT2D eigenvalue weighted by molar-refractivity contribution is -0.177. The topological polar surface area (TPSA) is 18.5 Å². The molecule has 244 valence electrons. The van der Waals surface area contributed by atoms with Gasteiger partial charge in [-0.1, -0.05) is 133 Å². The van der Waals surface area contributed by atoms with Crippen molar-refractivity contribution >= 4 is 11.6 Å². The first-order chi connectivity index (χ1) is 20.8. The van der Waals surface area contributed by atoms with E-state index in [1.165, 1.54) is 135 Å². The van der Waals surface area contributed by atoms with Crippen molar-refractivity contribution in [1.82, 2.24) is 0 Å². The summed E-state index contributed by atoms with van der Waals surface area (Å²) in [5.41, 5.74) is 0. The van der Waals surface area contributed by atoms with E-state index in [1.807, 2.05) is 0 Å². The largest absolute Gasteiger partial charge is 0.347 e. The van der Waals surface area contributed by atoms with Crippen molar-refractivity contribution in [2.75, 3.05) is 12.5 Å². The van der Waals surface area contributed by atoms with E-state index in [-0.39, 0.29) is 11.9 Å². The Balaban J connectivity index is 2.05. The maximum Gasteiger partial charge on any atom is 0.168 e. The predicted molar refractivity (Wildman–Crippen MR) is 188 cm³/mol. The van der Waals surface area contributed by atoms with Crippen LogP contribution in [0.5, 0.6) is 0 Å². The van der Waals surface area contributed by atoms with Crippen molar-refractivity contribution in [3.8, 4) is 0 Å². The van der Waals surface area contributed by atoms with Crippen LogP contribution in [0.2, 0.25) is 0 Å². The van der Waals surface area contributed by atoms with Crippen molar-refractivity contribution in [1.29, 1.82) is 0 Å². The zero-order chi connectivity index (χ0) is 30.2. The second-order valence-corrected chi connectivity index (χ2v) is 12.7. The first kappa shape index (κ1) is 39.2. The minimum Gasteiger partial charge on any atom is -0.347 e. The van der Waals surface area contributed by atoms with Gasteiger partial charge in [-0.3, -0.25) is 0 Å². The standard InChI is InChI=1S/C39H69ClO2/c1-3-5-7-9-11-13-15-17-19-21-23-25-27-29-31-33-35-39(41-37-38(36-40)42-39)34-32-30-28-26-24-22-20-18-16-14-12-10-8-6-4-2/h11-14,17-20,38H,3-10,15-16,21-37H2,1-2H3. The van der Waals surface area contributed by atoms with Crippen LogP contribution in [0.25, 0.3) is 0 Å². The molecular formula is C39H69ClO2. The van der Waals surface area contributed by atoms with Gasteiger partial charge in [0.15, 0.2) is 5.79 Å². The molecular weight excluding hydrogens is 536 g/mol. The molecule has 1 saturated heterocycles. The second kappa shape index (κ2) is 30.2. The van der Waals surface area contributed by atoms with Crippen LogP contribution in [0.3, 0.4) is 0 Å². The molecule has 1 heterocycles. The highest BCUT2D eigenvalue weighted by Gasteiger charge is 2.40. The zero-order valence-corrected chi connectivity index (χ0v) is 28.7. The van der Waals surface area contributed by atoms with E-state index in [2.05, 4.69) is 62.5 Å². The van der Waals surface area contributed by atoms with Gasteiger partial charge in [0.25, 0.3) is 0 Å². The summed E-state index contributed by atoms with van der Waals surface area (Å²) in [5.74, 6) is 0.162. The molecule has 0 amide bonds. The van der Waals surface area contributed by atoms with Gasteiger partial charge in [-0.05, 0) is 77.0 Å². The number of rotatable bonds is 30. The summed E-state index contributed by atoms with van der Waals surface area (Å²) in [6.07, 6.45) is 50.1. The Morgan fingerprint density at radius 2 is 0.905 bits per heavy atom. The van der Waals surface area contributed by atoms with Gasteiger partial charge >= 0.3 is 0 Å². The van der Waals surface area contributed by atoms with Crippen LogP contribution in [0.15, 0.2) is 48.6 Å². The molecule has 42 heavy (non-hydrogen) atoms. The average Bonchev–Trinajstić information content (AvgIpc) is 3.42. The molecule has 0 spiro atoms. The number of hydrogen-bond acceptors (Lipinski definition) is 2. The highest BCUT2D eigenvalue weighted by atomic mass is 35.5. The quantitative estimate of drug-likeness (QED) is 0.0461. The van der Waals surface area contributed by atoms with E-state index in [0.717, 1.165) is 25.7 Å². The Morgan fingerprint density at radius 1 is 0.524 bits per heavy atom. The highest BCUT2D eigenvalue weighted by molar-refractivity contribution is 6.18. The molecule has 0 aromatic heterocycles. The zero-order valence-electron chi connectivity index (χ0n) is 28.0. The van der Waals surface area contributed by atoms with E-state index in [9.17, 15) is 0 Å². The number of ether oxygens (including phenoxy) is 2. The fourth-order valence-corrected chi connectivity index (χ4v) is 5.82. The van der Waals surface area contributed by atoms with Crippen molar-refractivity contribution < 1.29 is 9.47 Å². The minimum absolute atomic E-state index is 0.0641. The molecule has 0 aliphatic carbocycles. The van der Waals surface area contributed by atoms with E-state index in [4.69, 9.17) is 21.1 Å². The van der Waals surface area contributed by atoms with Gasteiger partial charge in [-0.15, -0.1) is 11.6 Å². The van der Waals surface area contributed by atoms with E-state index in [1.54, 1.807) is 0 Å². The first-order valence-electron chi connectivity index (χ1n) is 18.2. The monoisotopic (exact) mass is 604 g/mol. The summed E-state index contributed by atoms with van der Waals surface area (Å²) in [4.78, 5) is 0. The van der Waals surface area contributed by atoms with Crippen LogP contribution < -0.4 is 0 Å². The van der Waals surface area contributed by atoms with Crippen molar-refractivity contribution in [2.45, 2.75) is 186 Å². The maximum atomic E-state index is 6.36. The molecule has 3 heteroatoms. The number of halogens is 1. The van der Waals surface area contributed by atoms with Crippen LogP contribution >= 0.6 is 11.6 Å². The van der Waals surface area contributed by atoms with E-state index >= 15 is 0 Å². The molecule has 2 atom stereocenters. The lowest BCUT2D eigenvalue weighted by Gasteiger charge is -2.28.